The molecular weight excluding hydrogens is 264 g/mol. The molecule has 0 radical (unpaired) electrons. The molecule has 0 aliphatic carbocycles. The van der Waals surface area contributed by atoms with E-state index in [2.05, 4.69) is 5.32 Å². The van der Waals surface area contributed by atoms with Crippen LogP contribution in [0.5, 0.6) is 0 Å². The lowest BCUT2D eigenvalue weighted by Crippen LogP contribution is -2.42. The summed E-state index contributed by atoms with van der Waals surface area (Å²) in [4.78, 5) is 46.3. The van der Waals surface area contributed by atoms with Crippen LogP contribution in [0.4, 0.5) is 0 Å². The van der Waals surface area contributed by atoms with Gasteiger partial charge in [-0.1, -0.05) is 13.8 Å². The summed E-state index contributed by atoms with van der Waals surface area (Å²) in [6, 6.07) is -0.454. The van der Waals surface area contributed by atoms with Gasteiger partial charge in [0.15, 0.2) is 0 Å². The van der Waals surface area contributed by atoms with Gasteiger partial charge in [-0.3, -0.25) is 24.1 Å². The van der Waals surface area contributed by atoms with E-state index < -0.39 is 12.0 Å². The molecule has 112 valence electrons. The van der Waals surface area contributed by atoms with Crippen LogP contribution in [-0.4, -0.2) is 46.3 Å². The number of carbonyl (C=O) groups is 4. The molecule has 1 rings (SSSR count). The van der Waals surface area contributed by atoms with Gasteiger partial charge in [0.25, 0.3) is 0 Å². The average Bonchev–Trinajstić information content (AvgIpc) is 2.65. The third-order valence-corrected chi connectivity index (χ3v) is 3.26. The maximum Gasteiger partial charge on any atom is 0.305 e. The molecule has 1 aliphatic rings. The summed E-state index contributed by atoms with van der Waals surface area (Å²) in [7, 11) is 0. The van der Waals surface area contributed by atoms with Crippen molar-refractivity contribution in [2.24, 2.45) is 5.92 Å². The maximum absolute atomic E-state index is 11.8. The number of carboxylic acid groups (broad SMARTS) is 1. The minimum Gasteiger partial charge on any atom is -0.481 e. The van der Waals surface area contributed by atoms with Crippen LogP contribution in [0.25, 0.3) is 0 Å². The van der Waals surface area contributed by atoms with Gasteiger partial charge in [0.2, 0.25) is 17.7 Å². The number of rotatable bonds is 7. The number of nitrogens with one attached hydrogen (secondary N) is 1. The lowest BCUT2D eigenvalue weighted by Gasteiger charge is -2.21. The third-order valence-electron chi connectivity index (χ3n) is 3.26. The summed E-state index contributed by atoms with van der Waals surface area (Å²) < 4.78 is 0. The second-order valence-corrected chi connectivity index (χ2v) is 5.21. The summed E-state index contributed by atoms with van der Waals surface area (Å²) in [6.07, 6.45) is 0.257. The van der Waals surface area contributed by atoms with E-state index in [0.29, 0.717) is 0 Å². The Morgan fingerprint density at radius 3 is 2.25 bits per heavy atom. The van der Waals surface area contributed by atoms with Crippen LogP contribution in [0.3, 0.4) is 0 Å². The molecule has 0 aromatic carbocycles. The molecule has 2 N–H and O–H groups in total. The predicted molar refractivity (Wildman–Crippen MR) is 69.6 cm³/mol. The highest BCUT2D eigenvalue weighted by molar-refractivity contribution is 6.02. The molecule has 0 aromatic rings. The van der Waals surface area contributed by atoms with Gasteiger partial charge < -0.3 is 10.4 Å². The number of nitrogens with zero attached hydrogens (tertiary/aromatic N) is 1. The summed E-state index contributed by atoms with van der Waals surface area (Å²) >= 11 is 0. The van der Waals surface area contributed by atoms with Gasteiger partial charge in [-0.05, 0) is 5.92 Å². The molecule has 0 saturated carbocycles. The van der Waals surface area contributed by atoms with Crippen LogP contribution in [0.1, 0.15) is 39.5 Å². The first-order valence-electron chi connectivity index (χ1n) is 6.65. The van der Waals surface area contributed by atoms with Crippen molar-refractivity contribution in [3.05, 3.63) is 0 Å². The van der Waals surface area contributed by atoms with Crippen LogP contribution >= 0.6 is 0 Å². The largest absolute Gasteiger partial charge is 0.481 e. The Morgan fingerprint density at radius 2 is 1.80 bits per heavy atom. The third kappa shape index (κ3) is 4.64. The molecule has 1 fully saturated rings. The topological polar surface area (TPSA) is 104 Å². The van der Waals surface area contributed by atoms with E-state index in [9.17, 15) is 19.2 Å². The van der Waals surface area contributed by atoms with E-state index in [1.165, 1.54) is 0 Å². The molecular formula is C13H20N2O5. The Balaban J connectivity index is 2.44. The molecule has 1 heterocycles. The van der Waals surface area contributed by atoms with Crippen LogP contribution in [0, 0.1) is 5.92 Å². The minimum atomic E-state index is -0.978. The first-order valence-corrected chi connectivity index (χ1v) is 6.65. The molecule has 1 saturated heterocycles. The highest BCUT2D eigenvalue weighted by atomic mass is 16.4. The van der Waals surface area contributed by atoms with Gasteiger partial charge in [-0.25, -0.2) is 0 Å². The van der Waals surface area contributed by atoms with Crippen LogP contribution in [0.15, 0.2) is 0 Å². The highest BCUT2D eigenvalue weighted by Gasteiger charge is 2.29. The Labute approximate surface area is 117 Å². The van der Waals surface area contributed by atoms with Gasteiger partial charge in [-0.15, -0.1) is 0 Å². The van der Waals surface area contributed by atoms with Crippen LogP contribution in [0.2, 0.25) is 0 Å². The zero-order chi connectivity index (χ0) is 15.3. The number of aliphatic carboxylic acids is 1. The monoisotopic (exact) mass is 284 g/mol. The SMILES string of the molecule is CC(C)C(CC(=O)O)NC(=O)CCN1C(=O)CCC1=O. The predicted octanol–water partition coefficient (Wildman–Crippen LogP) is 0.141. The van der Waals surface area contributed by atoms with Crippen molar-refractivity contribution in [2.45, 2.75) is 45.6 Å². The van der Waals surface area contributed by atoms with Crippen LogP contribution < -0.4 is 5.32 Å². The van der Waals surface area contributed by atoms with Crippen molar-refractivity contribution in [2.75, 3.05) is 6.54 Å². The number of carboxylic acids is 1. The minimum absolute atomic E-state index is 0.000317. The normalized spacial score (nSPS) is 16.6. The number of likely N-dealkylation sites (tertiary alicyclic amines) is 1. The second-order valence-electron chi connectivity index (χ2n) is 5.21. The van der Waals surface area contributed by atoms with E-state index >= 15 is 0 Å². The summed E-state index contributed by atoms with van der Waals surface area (Å²) in [5.74, 6) is -1.85. The van der Waals surface area contributed by atoms with Gasteiger partial charge in [0, 0.05) is 31.8 Å². The molecule has 1 aliphatic heterocycles. The van der Waals surface area contributed by atoms with Gasteiger partial charge >= 0.3 is 5.97 Å². The molecule has 20 heavy (non-hydrogen) atoms. The fraction of sp³-hybridized carbons (Fsp3) is 0.692. The van der Waals surface area contributed by atoms with Gasteiger partial charge in [-0.2, -0.15) is 0 Å². The molecule has 1 atom stereocenters. The van der Waals surface area contributed by atoms with Gasteiger partial charge in [0.1, 0.15) is 0 Å². The zero-order valence-electron chi connectivity index (χ0n) is 11.7. The number of amides is 3. The maximum atomic E-state index is 11.8. The van der Waals surface area contributed by atoms with Crippen molar-refractivity contribution in [1.82, 2.24) is 10.2 Å². The molecule has 0 aromatic heterocycles. The standard InChI is InChI=1S/C13H20N2O5/c1-8(2)9(7-13(19)20)14-10(16)5-6-15-11(17)3-4-12(15)18/h8-9H,3-7H2,1-2H3,(H,14,16)(H,19,20). The molecule has 0 spiro atoms. The highest BCUT2D eigenvalue weighted by Crippen LogP contribution is 2.12. The second kappa shape index (κ2) is 7.02. The first-order chi connectivity index (χ1) is 9.31. The number of imide groups is 1. The Bertz CT molecular complexity index is 403. The zero-order valence-corrected chi connectivity index (χ0v) is 11.7. The van der Waals surface area contributed by atoms with E-state index in [1.807, 2.05) is 13.8 Å². The summed E-state index contributed by atoms with van der Waals surface area (Å²) in [6.45, 7) is 3.70. The fourth-order valence-electron chi connectivity index (χ4n) is 2.01. The average molecular weight is 284 g/mol. The van der Waals surface area contributed by atoms with Crippen molar-refractivity contribution in [3.63, 3.8) is 0 Å². The molecule has 1 unspecified atom stereocenters. The van der Waals surface area contributed by atoms with Crippen molar-refractivity contribution in [1.29, 1.82) is 0 Å². The lowest BCUT2D eigenvalue weighted by atomic mass is 10.0. The number of hydrogen-bond acceptors (Lipinski definition) is 4. The fourth-order valence-corrected chi connectivity index (χ4v) is 2.01. The Morgan fingerprint density at radius 1 is 1.25 bits per heavy atom. The van der Waals surface area contributed by atoms with E-state index in [-0.39, 0.29) is 55.9 Å². The van der Waals surface area contributed by atoms with Gasteiger partial charge in [0.05, 0.1) is 6.42 Å². The van der Waals surface area contributed by atoms with Crippen LogP contribution in [-0.2, 0) is 19.2 Å². The molecule has 7 nitrogen and oxygen atoms in total. The quantitative estimate of drug-likeness (QED) is 0.647. The molecule has 0 bridgehead atoms. The lowest BCUT2D eigenvalue weighted by molar-refractivity contribution is -0.139. The number of carbonyl (C=O) groups excluding carboxylic acids is 3. The van der Waals surface area contributed by atoms with Crippen molar-refractivity contribution >= 4 is 23.7 Å². The Hall–Kier alpha value is -1.92. The molecule has 7 heteroatoms. The molecule has 3 amide bonds. The van der Waals surface area contributed by atoms with Crippen molar-refractivity contribution in [3.8, 4) is 0 Å². The summed E-state index contributed by atoms with van der Waals surface area (Å²) in [5, 5.41) is 11.4. The number of hydrogen-bond donors (Lipinski definition) is 2. The van der Waals surface area contributed by atoms with E-state index in [4.69, 9.17) is 5.11 Å². The van der Waals surface area contributed by atoms with Crippen molar-refractivity contribution < 1.29 is 24.3 Å². The smallest absolute Gasteiger partial charge is 0.305 e. The van der Waals surface area contributed by atoms with E-state index in [1.54, 1.807) is 0 Å². The first kappa shape index (κ1) is 16.1. The summed E-state index contributed by atoms with van der Waals surface area (Å²) in [5.41, 5.74) is 0. The Kier molecular flexibility index (Phi) is 5.66. The van der Waals surface area contributed by atoms with E-state index in [0.717, 1.165) is 4.90 Å².